The van der Waals surface area contributed by atoms with E-state index < -0.39 is 0 Å². The number of hydrogen-bond donors (Lipinski definition) is 3. The molecule has 0 atom stereocenters. The number of rotatable bonds is 4. The molecule has 1 amide bonds. The predicted octanol–water partition coefficient (Wildman–Crippen LogP) is -0.266. The van der Waals surface area contributed by atoms with E-state index in [1.165, 1.54) is 6.07 Å². The highest BCUT2D eigenvalue weighted by Gasteiger charge is 2.03. The van der Waals surface area contributed by atoms with Gasteiger partial charge in [-0.2, -0.15) is 5.10 Å². The number of aromatic nitrogens is 3. The summed E-state index contributed by atoms with van der Waals surface area (Å²) in [5.74, 6) is -0.296. The van der Waals surface area contributed by atoms with Crippen LogP contribution < -0.4 is 11.0 Å². The van der Waals surface area contributed by atoms with Crippen molar-refractivity contribution < 1.29 is 4.79 Å². The van der Waals surface area contributed by atoms with Gasteiger partial charge in [-0.1, -0.05) is 0 Å². The fourth-order valence-corrected chi connectivity index (χ4v) is 1.46. The zero-order valence-corrected chi connectivity index (χ0v) is 9.80. The van der Waals surface area contributed by atoms with Gasteiger partial charge >= 0.3 is 0 Å². The van der Waals surface area contributed by atoms with Gasteiger partial charge in [-0.3, -0.25) is 14.7 Å². The van der Waals surface area contributed by atoms with Gasteiger partial charge < -0.3 is 9.67 Å². The summed E-state index contributed by atoms with van der Waals surface area (Å²) in [4.78, 5) is 22.3. The van der Waals surface area contributed by atoms with E-state index in [1.807, 2.05) is 29.9 Å². The molecule has 0 spiro atoms. The number of aromatic amines is 2. The highest BCUT2D eigenvalue weighted by atomic mass is 16.2. The van der Waals surface area contributed by atoms with Gasteiger partial charge in [0.2, 0.25) is 5.91 Å². The van der Waals surface area contributed by atoms with Crippen LogP contribution in [-0.2, 0) is 18.3 Å². The summed E-state index contributed by atoms with van der Waals surface area (Å²) in [6.07, 6.45) is 3.51. The fraction of sp³-hybridized carbons (Fsp3) is 0.182. The van der Waals surface area contributed by atoms with E-state index in [1.54, 1.807) is 6.21 Å². The first kappa shape index (κ1) is 11.9. The normalized spacial score (nSPS) is 10.9. The van der Waals surface area contributed by atoms with E-state index >= 15 is 0 Å². The van der Waals surface area contributed by atoms with Crippen molar-refractivity contribution in [3.8, 4) is 0 Å². The van der Waals surface area contributed by atoms with Crippen LogP contribution in [0.15, 0.2) is 34.3 Å². The average Bonchev–Trinajstić information content (AvgIpc) is 2.89. The number of carbonyl (C=O) groups is 1. The molecule has 0 bridgehead atoms. The second-order valence-corrected chi connectivity index (χ2v) is 3.80. The minimum Gasteiger partial charge on any atom is -0.350 e. The van der Waals surface area contributed by atoms with E-state index in [-0.39, 0.29) is 17.9 Å². The summed E-state index contributed by atoms with van der Waals surface area (Å²) >= 11 is 0. The second kappa shape index (κ2) is 5.17. The largest absolute Gasteiger partial charge is 0.350 e. The monoisotopic (exact) mass is 247 g/mol. The molecule has 0 aromatic carbocycles. The molecule has 0 aliphatic heterocycles. The van der Waals surface area contributed by atoms with Crippen LogP contribution in [0.5, 0.6) is 0 Å². The molecule has 0 aliphatic rings. The number of amides is 1. The average molecular weight is 247 g/mol. The van der Waals surface area contributed by atoms with Crippen LogP contribution in [0.2, 0.25) is 0 Å². The van der Waals surface area contributed by atoms with Crippen molar-refractivity contribution in [3.05, 3.63) is 46.1 Å². The van der Waals surface area contributed by atoms with Crippen molar-refractivity contribution in [1.82, 2.24) is 20.2 Å². The van der Waals surface area contributed by atoms with Crippen LogP contribution in [0.25, 0.3) is 0 Å². The molecule has 0 saturated heterocycles. The third kappa shape index (κ3) is 2.97. The SMILES string of the molecule is Cn1cccc1/C=N\NC(=O)Cc1cc(=O)[nH][nH]1. The Kier molecular flexibility index (Phi) is 3.42. The van der Waals surface area contributed by atoms with Crippen molar-refractivity contribution in [2.45, 2.75) is 6.42 Å². The van der Waals surface area contributed by atoms with E-state index in [0.717, 1.165) is 5.69 Å². The summed E-state index contributed by atoms with van der Waals surface area (Å²) in [6, 6.07) is 5.09. The van der Waals surface area contributed by atoms with Gasteiger partial charge in [-0.25, -0.2) is 5.43 Å². The number of carbonyl (C=O) groups excluding carboxylic acids is 1. The van der Waals surface area contributed by atoms with E-state index in [9.17, 15) is 9.59 Å². The summed E-state index contributed by atoms with van der Waals surface area (Å²) < 4.78 is 1.87. The summed E-state index contributed by atoms with van der Waals surface area (Å²) in [6.45, 7) is 0. The third-order valence-corrected chi connectivity index (χ3v) is 2.37. The first-order chi connectivity index (χ1) is 8.65. The van der Waals surface area contributed by atoms with Gasteiger partial charge in [0, 0.05) is 25.0 Å². The van der Waals surface area contributed by atoms with Gasteiger partial charge in [-0.05, 0) is 12.1 Å². The smallest absolute Gasteiger partial charge is 0.264 e. The van der Waals surface area contributed by atoms with Gasteiger partial charge in [0.05, 0.1) is 18.3 Å². The first-order valence-electron chi connectivity index (χ1n) is 5.35. The minimum absolute atomic E-state index is 0.0726. The maximum atomic E-state index is 11.5. The first-order valence-corrected chi connectivity index (χ1v) is 5.35. The Morgan fingerprint density at radius 3 is 3.00 bits per heavy atom. The summed E-state index contributed by atoms with van der Waals surface area (Å²) in [5.41, 5.74) is 3.53. The van der Waals surface area contributed by atoms with Crippen molar-refractivity contribution in [2.75, 3.05) is 0 Å². The van der Waals surface area contributed by atoms with E-state index in [0.29, 0.717) is 5.69 Å². The Labute approximate surface area is 103 Å². The lowest BCUT2D eigenvalue weighted by Crippen LogP contribution is -2.20. The highest BCUT2D eigenvalue weighted by Crippen LogP contribution is 1.94. The lowest BCUT2D eigenvalue weighted by Gasteiger charge is -1.98. The highest BCUT2D eigenvalue weighted by molar-refractivity contribution is 5.82. The molecule has 0 fully saturated rings. The van der Waals surface area contributed by atoms with Gasteiger partial charge in [0.15, 0.2) is 0 Å². The number of hydrazone groups is 1. The molecule has 2 heterocycles. The fourth-order valence-electron chi connectivity index (χ4n) is 1.46. The van der Waals surface area contributed by atoms with Crippen molar-refractivity contribution >= 4 is 12.1 Å². The predicted molar refractivity (Wildman–Crippen MR) is 66.3 cm³/mol. The Hall–Kier alpha value is -2.57. The number of aryl methyl sites for hydroxylation is 1. The van der Waals surface area contributed by atoms with Crippen LogP contribution in [0.3, 0.4) is 0 Å². The quantitative estimate of drug-likeness (QED) is 0.512. The number of H-pyrrole nitrogens is 2. The van der Waals surface area contributed by atoms with Crippen molar-refractivity contribution in [3.63, 3.8) is 0 Å². The molecule has 2 aromatic rings. The molecule has 0 radical (unpaired) electrons. The molecule has 7 nitrogen and oxygen atoms in total. The number of nitrogens with one attached hydrogen (secondary N) is 3. The molecule has 2 aromatic heterocycles. The topological polar surface area (TPSA) is 95.0 Å². The molecule has 2 rings (SSSR count). The standard InChI is InChI=1S/C11H13N5O2/c1-16-4-2-3-9(16)7-12-14-10(17)5-8-6-11(18)15-13-8/h2-4,6-7H,5H2,1H3,(H,14,17)(H2,13,15,18)/b12-7-. The van der Waals surface area contributed by atoms with Crippen LogP contribution >= 0.6 is 0 Å². The molecule has 94 valence electrons. The Morgan fingerprint density at radius 2 is 2.39 bits per heavy atom. The Bertz CT molecular complexity index is 619. The van der Waals surface area contributed by atoms with Crippen LogP contribution in [0.4, 0.5) is 0 Å². The summed E-state index contributed by atoms with van der Waals surface area (Å²) in [5, 5.41) is 8.78. The van der Waals surface area contributed by atoms with Gasteiger partial charge in [0.1, 0.15) is 0 Å². The van der Waals surface area contributed by atoms with Crippen LogP contribution in [0, 0.1) is 0 Å². The lowest BCUT2D eigenvalue weighted by molar-refractivity contribution is -0.120. The molecular formula is C11H13N5O2. The molecule has 3 N–H and O–H groups in total. The van der Waals surface area contributed by atoms with Crippen molar-refractivity contribution in [2.24, 2.45) is 12.1 Å². The minimum atomic E-state index is -0.296. The maximum absolute atomic E-state index is 11.5. The van der Waals surface area contributed by atoms with Crippen LogP contribution in [-0.4, -0.2) is 26.9 Å². The van der Waals surface area contributed by atoms with Crippen LogP contribution in [0.1, 0.15) is 11.4 Å². The lowest BCUT2D eigenvalue weighted by atomic mass is 10.3. The number of nitrogens with zero attached hydrogens (tertiary/aromatic N) is 2. The van der Waals surface area contributed by atoms with E-state index in [4.69, 9.17) is 0 Å². The third-order valence-electron chi connectivity index (χ3n) is 2.37. The molecule has 0 aliphatic carbocycles. The number of hydrogen-bond acceptors (Lipinski definition) is 3. The van der Waals surface area contributed by atoms with Gasteiger partial charge in [-0.15, -0.1) is 0 Å². The zero-order valence-electron chi connectivity index (χ0n) is 9.80. The molecular weight excluding hydrogens is 234 g/mol. The molecule has 0 unspecified atom stereocenters. The second-order valence-electron chi connectivity index (χ2n) is 3.80. The molecule has 18 heavy (non-hydrogen) atoms. The Morgan fingerprint density at radius 1 is 1.56 bits per heavy atom. The van der Waals surface area contributed by atoms with Crippen molar-refractivity contribution in [1.29, 1.82) is 0 Å². The summed E-state index contributed by atoms with van der Waals surface area (Å²) in [7, 11) is 1.88. The zero-order chi connectivity index (χ0) is 13.0. The maximum Gasteiger partial charge on any atom is 0.264 e. The van der Waals surface area contributed by atoms with E-state index in [2.05, 4.69) is 20.7 Å². The molecule has 0 saturated carbocycles. The molecule has 7 heteroatoms. The van der Waals surface area contributed by atoms with Gasteiger partial charge in [0.25, 0.3) is 5.56 Å². The Balaban J connectivity index is 1.87.